The van der Waals surface area contributed by atoms with Crippen molar-refractivity contribution >= 4 is 11.4 Å². The summed E-state index contributed by atoms with van der Waals surface area (Å²) >= 11 is 0. The Balaban J connectivity index is 2.06. The first-order valence-corrected chi connectivity index (χ1v) is 5.89. The fraction of sp³-hybridized carbons (Fsp3) is 0.538. The largest absolute Gasteiger partial charge is 0.397 e. The van der Waals surface area contributed by atoms with Gasteiger partial charge in [0.05, 0.1) is 18.0 Å². The quantitative estimate of drug-likeness (QED) is 0.783. The summed E-state index contributed by atoms with van der Waals surface area (Å²) in [5, 5.41) is 3.38. The third-order valence-corrected chi connectivity index (χ3v) is 3.39. The van der Waals surface area contributed by atoms with E-state index in [1.807, 2.05) is 25.1 Å². The molecule has 17 heavy (non-hydrogen) atoms. The number of aryl methyl sites for hydroxylation is 1. The van der Waals surface area contributed by atoms with E-state index in [-0.39, 0.29) is 5.60 Å². The number of para-hydroxylation sites is 1. The smallest absolute Gasteiger partial charge is 0.110 e. The Morgan fingerprint density at radius 2 is 2.35 bits per heavy atom. The Kier molecular flexibility index (Phi) is 3.54. The maximum absolute atomic E-state index is 5.96. The Morgan fingerprint density at radius 1 is 1.53 bits per heavy atom. The molecule has 1 aliphatic heterocycles. The number of rotatable bonds is 4. The second-order valence-electron chi connectivity index (χ2n) is 4.58. The number of anilines is 2. The van der Waals surface area contributed by atoms with E-state index in [0.717, 1.165) is 36.5 Å². The van der Waals surface area contributed by atoms with Crippen molar-refractivity contribution < 1.29 is 9.47 Å². The molecule has 2 rings (SSSR count). The van der Waals surface area contributed by atoms with Crippen LogP contribution in [0.4, 0.5) is 11.4 Å². The molecule has 1 fully saturated rings. The van der Waals surface area contributed by atoms with Gasteiger partial charge in [-0.05, 0) is 18.6 Å². The SMILES string of the molecule is COC1(CNc2c(C)cccc2N)CCOC1. The van der Waals surface area contributed by atoms with Gasteiger partial charge in [0.2, 0.25) is 0 Å². The van der Waals surface area contributed by atoms with Crippen LogP contribution in [-0.2, 0) is 9.47 Å². The predicted octanol–water partition coefficient (Wildman–Crippen LogP) is 1.79. The van der Waals surface area contributed by atoms with E-state index in [1.54, 1.807) is 7.11 Å². The molecule has 1 heterocycles. The first-order valence-electron chi connectivity index (χ1n) is 5.89. The summed E-state index contributed by atoms with van der Waals surface area (Å²) in [6.07, 6.45) is 0.919. The zero-order valence-corrected chi connectivity index (χ0v) is 10.5. The minimum Gasteiger partial charge on any atom is -0.397 e. The van der Waals surface area contributed by atoms with E-state index in [9.17, 15) is 0 Å². The van der Waals surface area contributed by atoms with Gasteiger partial charge in [0.15, 0.2) is 0 Å². The molecule has 94 valence electrons. The van der Waals surface area contributed by atoms with E-state index in [0.29, 0.717) is 6.61 Å². The first kappa shape index (κ1) is 12.2. The zero-order valence-electron chi connectivity index (χ0n) is 10.5. The van der Waals surface area contributed by atoms with Crippen LogP contribution in [-0.4, -0.2) is 32.5 Å². The van der Waals surface area contributed by atoms with E-state index < -0.39 is 0 Å². The molecular formula is C13H20N2O2. The summed E-state index contributed by atoms with van der Waals surface area (Å²) < 4.78 is 11.0. The van der Waals surface area contributed by atoms with Gasteiger partial charge < -0.3 is 20.5 Å². The molecule has 4 heteroatoms. The number of nitrogens with two attached hydrogens (primary N) is 1. The standard InChI is InChI=1S/C13H20N2O2/c1-10-4-3-5-11(14)12(10)15-8-13(16-2)6-7-17-9-13/h3-5,15H,6-9,14H2,1-2H3. The monoisotopic (exact) mass is 236 g/mol. The highest BCUT2D eigenvalue weighted by Gasteiger charge is 2.34. The molecule has 0 amide bonds. The fourth-order valence-electron chi connectivity index (χ4n) is 2.14. The van der Waals surface area contributed by atoms with Gasteiger partial charge in [-0.1, -0.05) is 12.1 Å². The molecule has 1 saturated heterocycles. The average molecular weight is 236 g/mol. The molecule has 1 aliphatic rings. The molecule has 1 atom stereocenters. The Hall–Kier alpha value is -1.26. The third-order valence-electron chi connectivity index (χ3n) is 3.39. The molecule has 1 unspecified atom stereocenters. The van der Waals surface area contributed by atoms with Gasteiger partial charge in [-0.25, -0.2) is 0 Å². The van der Waals surface area contributed by atoms with Gasteiger partial charge >= 0.3 is 0 Å². The van der Waals surface area contributed by atoms with Gasteiger partial charge in [0.25, 0.3) is 0 Å². The Morgan fingerprint density at radius 3 is 2.94 bits per heavy atom. The first-order chi connectivity index (χ1) is 8.17. The van der Waals surface area contributed by atoms with E-state index in [2.05, 4.69) is 5.32 Å². The van der Waals surface area contributed by atoms with Crippen LogP contribution in [0.3, 0.4) is 0 Å². The van der Waals surface area contributed by atoms with Gasteiger partial charge in [-0.3, -0.25) is 0 Å². The normalized spacial score (nSPS) is 23.9. The molecule has 1 aromatic rings. The highest BCUT2D eigenvalue weighted by atomic mass is 16.5. The highest BCUT2D eigenvalue weighted by Crippen LogP contribution is 2.27. The summed E-state index contributed by atoms with van der Waals surface area (Å²) in [6, 6.07) is 5.91. The summed E-state index contributed by atoms with van der Waals surface area (Å²) in [6.45, 7) is 4.17. The molecule has 3 N–H and O–H groups in total. The third kappa shape index (κ3) is 2.53. The number of benzene rings is 1. The lowest BCUT2D eigenvalue weighted by atomic mass is 10.0. The van der Waals surface area contributed by atoms with Crippen molar-refractivity contribution in [2.45, 2.75) is 18.9 Å². The summed E-state index contributed by atoms with van der Waals surface area (Å²) in [5.41, 5.74) is 8.66. The summed E-state index contributed by atoms with van der Waals surface area (Å²) in [7, 11) is 1.73. The number of hydrogen-bond donors (Lipinski definition) is 2. The van der Waals surface area contributed by atoms with Crippen LogP contribution in [0.1, 0.15) is 12.0 Å². The van der Waals surface area contributed by atoms with E-state index in [1.165, 1.54) is 0 Å². The van der Waals surface area contributed by atoms with Crippen molar-refractivity contribution in [3.8, 4) is 0 Å². The Labute approximate surface area is 102 Å². The number of ether oxygens (including phenoxy) is 2. The lowest BCUT2D eigenvalue weighted by Crippen LogP contribution is -2.39. The molecule has 0 radical (unpaired) electrons. The van der Waals surface area contributed by atoms with Crippen LogP contribution in [0.25, 0.3) is 0 Å². The summed E-state index contributed by atoms with van der Waals surface area (Å²) in [5.74, 6) is 0. The minimum absolute atomic E-state index is 0.214. The number of nitrogen functional groups attached to an aromatic ring is 1. The lowest BCUT2D eigenvalue weighted by molar-refractivity contribution is -0.00619. The second kappa shape index (κ2) is 4.94. The zero-order chi connectivity index (χ0) is 12.3. The molecule has 0 spiro atoms. The van der Waals surface area contributed by atoms with Crippen molar-refractivity contribution in [2.75, 3.05) is 37.9 Å². The van der Waals surface area contributed by atoms with Gasteiger partial charge in [0, 0.05) is 26.7 Å². The molecule has 4 nitrogen and oxygen atoms in total. The van der Waals surface area contributed by atoms with Crippen molar-refractivity contribution in [1.29, 1.82) is 0 Å². The van der Waals surface area contributed by atoms with Crippen molar-refractivity contribution in [1.82, 2.24) is 0 Å². The lowest BCUT2D eigenvalue weighted by Gasteiger charge is -2.27. The van der Waals surface area contributed by atoms with Crippen molar-refractivity contribution in [2.24, 2.45) is 0 Å². The molecular weight excluding hydrogens is 216 g/mol. The average Bonchev–Trinajstić information content (AvgIpc) is 2.78. The van der Waals surface area contributed by atoms with Crippen LogP contribution in [0, 0.1) is 6.92 Å². The van der Waals surface area contributed by atoms with Crippen molar-refractivity contribution in [3.05, 3.63) is 23.8 Å². The summed E-state index contributed by atoms with van der Waals surface area (Å²) in [4.78, 5) is 0. The van der Waals surface area contributed by atoms with E-state index >= 15 is 0 Å². The molecule has 0 aliphatic carbocycles. The molecule has 0 bridgehead atoms. The predicted molar refractivity (Wildman–Crippen MR) is 69.3 cm³/mol. The maximum atomic E-state index is 5.96. The molecule has 0 aromatic heterocycles. The number of methoxy groups -OCH3 is 1. The minimum atomic E-state index is -0.214. The number of hydrogen-bond acceptors (Lipinski definition) is 4. The second-order valence-corrected chi connectivity index (χ2v) is 4.58. The van der Waals surface area contributed by atoms with Crippen LogP contribution >= 0.6 is 0 Å². The maximum Gasteiger partial charge on any atom is 0.110 e. The van der Waals surface area contributed by atoms with E-state index in [4.69, 9.17) is 15.2 Å². The van der Waals surface area contributed by atoms with Crippen LogP contribution < -0.4 is 11.1 Å². The van der Waals surface area contributed by atoms with Crippen LogP contribution in [0.2, 0.25) is 0 Å². The van der Waals surface area contributed by atoms with Crippen LogP contribution in [0.15, 0.2) is 18.2 Å². The van der Waals surface area contributed by atoms with Gasteiger partial charge in [-0.15, -0.1) is 0 Å². The fourth-order valence-corrected chi connectivity index (χ4v) is 2.14. The topological polar surface area (TPSA) is 56.5 Å². The molecule has 0 saturated carbocycles. The highest BCUT2D eigenvalue weighted by molar-refractivity contribution is 5.69. The van der Waals surface area contributed by atoms with Gasteiger partial charge in [0.1, 0.15) is 5.60 Å². The number of nitrogens with one attached hydrogen (secondary N) is 1. The molecule has 1 aromatic carbocycles. The van der Waals surface area contributed by atoms with Crippen LogP contribution in [0.5, 0.6) is 0 Å². The van der Waals surface area contributed by atoms with Gasteiger partial charge in [-0.2, -0.15) is 0 Å². The Bertz CT molecular complexity index is 367. The van der Waals surface area contributed by atoms with Crippen molar-refractivity contribution in [3.63, 3.8) is 0 Å².